The van der Waals surface area contributed by atoms with Crippen molar-refractivity contribution in [1.82, 2.24) is 4.57 Å². The van der Waals surface area contributed by atoms with Gasteiger partial charge in [0.15, 0.2) is 0 Å². The number of rotatable bonds is 6. The zero-order chi connectivity index (χ0) is 18.5. The van der Waals surface area contributed by atoms with Gasteiger partial charge in [-0.2, -0.15) is 0 Å². The number of pyridine rings is 1. The molecule has 0 atom stereocenters. The summed E-state index contributed by atoms with van der Waals surface area (Å²) in [4.78, 5) is 17.7. The van der Waals surface area contributed by atoms with Crippen molar-refractivity contribution >= 4 is 28.7 Å². The molecule has 4 nitrogen and oxygen atoms in total. The van der Waals surface area contributed by atoms with Gasteiger partial charge < -0.3 is 9.67 Å². The average molecular weight is 375 g/mol. The van der Waals surface area contributed by atoms with Crippen molar-refractivity contribution in [3.8, 4) is 5.75 Å². The second-order valence-electron chi connectivity index (χ2n) is 7.16. The zero-order valence-corrected chi connectivity index (χ0v) is 16.1. The Kier molecular flexibility index (Phi) is 6.36. The summed E-state index contributed by atoms with van der Waals surface area (Å²) in [5.41, 5.74) is 0.792. The predicted octanol–water partition coefficient (Wildman–Crippen LogP) is 5.30. The first-order valence-electron chi connectivity index (χ1n) is 9.70. The summed E-state index contributed by atoms with van der Waals surface area (Å²) < 4.78 is 1.73. The van der Waals surface area contributed by atoms with E-state index in [1.165, 1.54) is 19.3 Å². The van der Waals surface area contributed by atoms with Gasteiger partial charge in [0, 0.05) is 29.2 Å². The molecule has 1 fully saturated rings. The summed E-state index contributed by atoms with van der Waals surface area (Å²) in [5, 5.41) is 11.9. The van der Waals surface area contributed by atoms with E-state index in [4.69, 9.17) is 11.6 Å². The fraction of sp³-hybridized carbons (Fsp3) is 0.524. The maximum atomic E-state index is 13.1. The molecule has 140 valence electrons. The molecule has 1 aliphatic carbocycles. The Bertz CT molecular complexity index is 851. The molecule has 1 N–H and O–H groups in total. The van der Waals surface area contributed by atoms with Crippen LogP contribution in [0.1, 0.15) is 63.9 Å². The number of hydrogen-bond donors (Lipinski definition) is 1. The van der Waals surface area contributed by atoms with Gasteiger partial charge in [-0.25, -0.2) is 0 Å². The Labute approximate surface area is 159 Å². The average Bonchev–Trinajstić information content (AvgIpc) is 2.65. The molecule has 1 aromatic carbocycles. The molecule has 0 aliphatic heterocycles. The molecule has 0 spiro atoms. The highest BCUT2D eigenvalue weighted by Crippen LogP contribution is 2.28. The van der Waals surface area contributed by atoms with Crippen LogP contribution < -0.4 is 5.56 Å². The molecule has 5 heteroatoms. The molecule has 0 amide bonds. The van der Waals surface area contributed by atoms with Gasteiger partial charge in [-0.05, 0) is 37.5 Å². The minimum Gasteiger partial charge on any atom is -0.506 e. The summed E-state index contributed by atoms with van der Waals surface area (Å²) in [7, 11) is 0. The summed E-state index contributed by atoms with van der Waals surface area (Å²) in [6.07, 6.45) is 10.4. The van der Waals surface area contributed by atoms with Crippen molar-refractivity contribution in [2.45, 2.75) is 70.9 Å². The second kappa shape index (κ2) is 8.72. The first-order valence-corrected chi connectivity index (χ1v) is 10.1. The number of aromatic nitrogens is 1. The summed E-state index contributed by atoms with van der Waals surface area (Å²) >= 11 is 6.14. The number of benzene rings is 1. The van der Waals surface area contributed by atoms with E-state index in [2.05, 4.69) is 11.9 Å². The quantitative estimate of drug-likeness (QED) is 0.550. The Balaban J connectivity index is 2.05. The van der Waals surface area contributed by atoms with E-state index < -0.39 is 0 Å². The number of hydrogen-bond acceptors (Lipinski definition) is 3. The Morgan fingerprint density at radius 1 is 1.27 bits per heavy atom. The number of aryl methyl sites for hydroxylation is 1. The highest BCUT2D eigenvalue weighted by molar-refractivity contribution is 6.31. The molecular weight excluding hydrogens is 348 g/mol. The molecular formula is C21H27ClN2O2. The molecule has 0 bridgehead atoms. The van der Waals surface area contributed by atoms with Crippen LogP contribution in [0.4, 0.5) is 0 Å². The van der Waals surface area contributed by atoms with E-state index in [1.54, 1.807) is 29.0 Å². The molecule has 0 radical (unpaired) electrons. The second-order valence-corrected chi connectivity index (χ2v) is 7.59. The topological polar surface area (TPSA) is 54.6 Å². The summed E-state index contributed by atoms with van der Waals surface area (Å²) in [6, 6.07) is 5.54. The van der Waals surface area contributed by atoms with E-state index in [0.29, 0.717) is 28.0 Å². The van der Waals surface area contributed by atoms with Crippen LogP contribution in [0.25, 0.3) is 10.9 Å². The van der Waals surface area contributed by atoms with Crippen LogP contribution in [0.5, 0.6) is 5.75 Å². The van der Waals surface area contributed by atoms with E-state index in [9.17, 15) is 9.90 Å². The van der Waals surface area contributed by atoms with E-state index in [0.717, 1.165) is 32.1 Å². The van der Waals surface area contributed by atoms with Gasteiger partial charge in [0.1, 0.15) is 11.3 Å². The number of aliphatic imine (C=N–C) groups is 1. The number of unbranched alkanes of at least 4 members (excludes halogenated alkanes) is 2. The van der Waals surface area contributed by atoms with Crippen LogP contribution in [-0.4, -0.2) is 21.9 Å². The van der Waals surface area contributed by atoms with Crippen molar-refractivity contribution in [2.24, 2.45) is 4.99 Å². The molecule has 2 aromatic rings. The molecule has 0 saturated heterocycles. The van der Waals surface area contributed by atoms with Gasteiger partial charge >= 0.3 is 0 Å². The third-order valence-corrected chi connectivity index (χ3v) is 5.45. The molecule has 1 aromatic heterocycles. The smallest absolute Gasteiger partial charge is 0.263 e. The number of nitrogens with zero attached hydrogens (tertiary/aromatic N) is 2. The zero-order valence-electron chi connectivity index (χ0n) is 15.4. The lowest BCUT2D eigenvalue weighted by Crippen LogP contribution is -2.25. The van der Waals surface area contributed by atoms with E-state index >= 15 is 0 Å². The normalized spacial score (nSPS) is 15.9. The van der Waals surface area contributed by atoms with Crippen LogP contribution in [-0.2, 0) is 6.54 Å². The van der Waals surface area contributed by atoms with Gasteiger partial charge in [0.05, 0.1) is 5.52 Å². The van der Waals surface area contributed by atoms with E-state index in [1.807, 2.05) is 0 Å². The number of aromatic hydroxyl groups is 1. The van der Waals surface area contributed by atoms with Crippen molar-refractivity contribution in [3.05, 3.63) is 39.1 Å². The molecule has 3 rings (SSSR count). The highest BCUT2D eigenvalue weighted by Gasteiger charge is 2.17. The van der Waals surface area contributed by atoms with Crippen molar-refractivity contribution in [3.63, 3.8) is 0 Å². The first kappa shape index (κ1) is 19.0. The van der Waals surface area contributed by atoms with Gasteiger partial charge in [0.25, 0.3) is 5.56 Å². The predicted molar refractivity (Wildman–Crippen MR) is 109 cm³/mol. The van der Waals surface area contributed by atoms with Crippen LogP contribution >= 0.6 is 11.6 Å². The van der Waals surface area contributed by atoms with Crippen molar-refractivity contribution in [1.29, 1.82) is 0 Å². The lowest BCUT2D eigenvalue weighted by molar-refractivity contribution is 0.444. The third-order valence-electron chi connectivity index (χ3n) is 5.21. The fourth-order valence-corrected chi connectivity index (χ4v) is 3.86. The lowest BCUT2D eigenvalue weighted by atomic mass is 9.96. The van der Waals surface area contributed by atoms with E-state index in [-0.39, 0.29) is 17.4 Å². The molecule has 0 unspecified atom stereocenters. The SMILES string of the molecule is CCCCCn1c(=O)c(C=NC2CCCCC2)c(O)c2ccc(Cl)cc21. The minimum atomic E-state index is -0.187. The maximum Gasteiger partial charge on any atom is 0.263 e. The van der Waals surface area contributed by atoms with Gasteiger partial charge in [-0.15, -0.1) is 0 Å². The van der Waals surface area contributed by atoms with Gasteiger partial charge in [0.2, 0.25) is 0 Å². The third kappa shape index (κ3) is 4.12. The lowest BCUT2D eigenvalue weighted by Gasteiger charge is -2.17. The minimum absolute atomic E-state index is 0.00738. The molecule has 26 heavy (non-hydrogen) atoms. The van der Waals surface area contributed by atoms with Crippen molar-refractivity contribution < 1.29 is 5.11 Å². The molecule has 1 saturated carbocycles. The summed E-state index contributed by atoms with van der Waals surface area (Å²) in [6.45, 7) is 2.75. The molecule has 1 heterocycles. The fourth-order valence-electron chi connectivity index (χ4n) is 3.70. The first-order chi connectivity index (χ1) is 12.6. The van der Waals surface area contributed by atoms with Gasteiger partial charge in [-0.3, -0.25) is 9.79 Å². The molecule has 1 aliphatic rings. The van der Waals surface area contributed by atoms with Gasteiger partial charge in [-0.1, -0.05) is 50.6 Å². The maximum absolute atomic E-state index is 13.1. The van der Waals surface area contributed by atoms with Crippen molar-refractivity contribution in [2.75, 3.05) is 0 Å². The number of halogens is 1. The Morgan fingerprint density at radius 2 is 2.04 bits per heavy atom. The highest BCUT2D eigenvalue weighted by atomic mass is 35.5. The van der Waals surface area contributed by atoms with Crippen LogP contribution in [0, 0.1) is 0 Å². The van der Waals surface area contributed by atoms with Crippen LogP contribution in [0.15, 0.2) is 28.0 Å². The number of fused-ring (bicyclic) bond motifs is 1. The standard InChI is InChI=1S/C21H27ClN2O2/c1-2-3-7-12-24-19-13-15(22)10-11-17(19)20(25)18(21(24)26)14-23-16-8-5-4-6-9-16/h10-11,13-14,16,25H,2-9,12H2,1H3. The Morgan fingerprint density at radius 3 is 2.77 bits per heavy atom. The summed E-state index contributed by atoms with van der Waals surface area (Å²) in [5.74, 6) is 0.00738. The largest absolute Gasteiger partial charge is 0.506 e. The Hall–Kier alpha value is -1.81. The van der Waals surface area contributed by atoms with Crippen LogP contribution in [0.2, 0.25) is 5.02 Å². The monoisotopic (exact) mass is 374 g/mol. The van der Waals surface area contributed by atoms with Crippen LogP contribution in [0.3, 0.4) is 0 Å².